The van der Waals surface area contributed by atoms with Gasteiger partial charge in [0, 0.05) is 70.1 Å². The maximum absolute atomic E-state index is 13.6. The number of non-ortho nitro benzene ring substituents is 4. The molecule has 0 aliphatic heterocycles. The largest absolute Gasteiger partial charge is 0.346 e. The lowest BCUT2D eigenvalue weighted by molar-refractivity contribution is -0.385. The van der Waals surface area contributed by atoms with Crippen LogP contribution in [0.1, 0.15) is 173 Å². The molecule has 3 unspecified atom stereocenters. The summed E-state index contributed by atoms with van der Waals surface area (Å²) < 4.78 is 5.38. The van der Waals surface area contributed by atoms with Gasteiger partial charge in [-0.1, -0.05) is 180 Å². The van der Waals surface area contributed by atoms with Gasteiger partial charge >= 0.3 is 0 Å². The molecule has 5 aromatic heterocycles. The van der Waals surface area contributed by atoms with Gasteiger partial charge in [-0.3, -0.25) is 64.4 Å². The van der Waals surface area contributed by atoms with Crippen molar-refractivity contribution in [3.8, 4) is 0 Å². The number of nitro benzene ring substituents is 4. The summed E-state index contributed by atoms with van der Waals surface area (Å²) in [5.74, 6) is -2.91. The van der Waals surface area contributed by atoms with E-state index >= 15 is 0 Å². The van der Waals surface area contributed by atoms with E-state index in [1.807, 2.05) is 133 Å². The molecule has 0 saturated heterocycles. The standard InChI is InChI=1S/C25H25N5O4S.2C24H25N3O4S.C13H15N3O2S.C2H4.CH4.BrH/c1-3-19-15-35-25(27-19)22(14-18-9-11-20(12-10-18)30(32)33)28-23(31)21(24-26-16(2)29-34-24)13-17-7-5-4-6-8-17;2*1-3-19-15-32-24(25-19)22(14-18-9-11-20(12-10-18)27(30)31)26-23(29)21(16(2)28)13-17-7-5-4-6-8-17;1-2-10-8-19-13(15-10)12(14)7-9-3-5-11(6-4-9)16(17)18;1-2;;/h4-12,15,21-22H,3,13-14H2,1-2H3,(H,28,31);2*4-12,15,21-22H,3,13-14H2,1-2H3,(H,26,29);3-6,8,12H,2,7,14H2,1H3;1-2H2;1H4;1H/t3*21?,22-;12-;;;/m0000.../s1. The Labute approximate surface area is 734 Å². The Bertz CT molecular complexity index is 5150. The molecule has 0 aliphatic carbocycles. The number of Topliss-reactive ketones (excluding diaryl/α,β-unsaturated/α-hetero) is 2. The zero-order valence-electron chi connectivity index (χ0n) is 67.7. The van der Waals surface area contributed by atoms with Crippen molar-refractivity contribution in [1.82, 2.24) is 46.0 Å². The summed E-state index contributed by atoms with van der Waals surface area (Å²) in [6, 6.07) is 52.4. The zero-order valence-corrected chi connectivity index (χ0v) is 72.7. The molecule has 7 aromatic carbocycles. The lowest BCUT2D eigenvalue weighted by Gasteiger charge is -2.21. The Balaban J connectivity index is 0.000000253. The van der Waals surface area contributed by atoms with Gasteiger partial charge < -0.3 is 26.2 Å². The van der Waals surface area contributed by atoms with Gasteiger partial charge in [0.25, 0.3) is 22.7 Å². The van der Waals surface area contributed by atoms with E-state index in [2.05, 4.69) is 66.1 Å². The molecule has 12 rings (SSSR count). The number of hydrogen-bond acceptors (Lipinski definition) is 25. The van der Waals surface area contributed by atoms with Gasteiger partial charge in [0.2, 0.25) is 23.6 Å². The predicted molar refractivity (Wildman–Crippen MR) is 482 cm³/mol. The van der Waals surface area contributed by atoms with Crippen LogP contribution in [0.25, 0.3) is 0 Å². The second kappa shape index (κ2) is 50.1. The molecule has 5 heterocycles. The van der Waals surface area contributed by atoms with E-state index < -0.39 is 55.6 Å². The van der Waals surface area contributed by atoms with Crippen LogP contribution in [0.15, 0.2) is 227 Å². The number of nitrogens with zero attached hydrogens (tertiary/aromatic N) is 10. The number of nitrogens with two attached hydrogens (primary N) is 1. The van der Waals surface area contributed by atoms with Crippen LogP contribution in [-0.2, 0) is 94.6 Å². The molecule has 12 aromatic rings. The summed E-state index contributed by atoms with van der Waals surface area (Å²) in [6.45, 7) is 18.7. The van der Waals surface area contributed by atoms with Gasteiger partial charge in [0.05, 0.1) is 66.6 Å². The molecule has 3 amide bonds. The van der Waals surface area contributed by atoms with Gasteiger partial charge in [-0.15, -0.1) is 75.5 Å². The minimum absolute atomic E-state index is 0. The third kappa shape index (κ3) is 30.5. The molecular formula is C89H99BrN14O14S4. The van der Waals surface area contributed by atoms with E-state index in [1.165, 1.54) is 96.4 Å². The summed E-state index contributed by atoms with van der Waals surface area (Å²) in [7, 11) is 0. The minimum atomic E-state index is -0.803. The highest BCUT2D eigenvalue weighted by Crippen LogP contribution is 2.31. The Hall–Kier alpha value is -12.3. The molecule has 0 bridgehead atoms. The van der Waals surface area contributed by atoms with Gasteiger partial charge in [-0.25, -0.2) is 19.9 Å². The zero-order chi connectivity index (χ0) is 86.8. The summed E-state index contributed by atoms with van der Waals surface area (Å²) >= 11 is 5.96. The van der Waals surface area contributed by atoms with Crippen molar-refractivity contribution in [2.24, 2.45) is 17.6 Å². The molecule has 7 atom stereocenters. The first-order valence-corrected chi connectivity index (χ1v) is 42.1. The Morgan fingerprint density at radius 3 is 0.918 bits per heavy atom. The number of amides is 3. The van der Waals surface area contributed by atoms with Gasteiger partial charge in [-0.05, 0) is 130 Å². The summed E-state index contributed by atoms with van der Waals surface area (Å²) in [5, 5.41) is 67.6. The first kappa shape index (κ1) is 98.6. The fourth-order valence-electron chi connectivity index (χ4n) is 12.2. The molecular weight excluding hydrogens is 1700 g/mol. The fourth-order valence-corrected chi connectivity index (χ4v) is 16.0. The highest BCUT2D eigenvalue weighted by Gasteiger charge is 2.33. The quantitative estimate of drug-likeness (QED) is 0.0124. The molecule has 0 fully saturated rings. The van der Waals surface area contributed by atoms with Crippen molar-refractivity contribution in [3.63, 3.8) is 0 Å². The van der Waals surface area contributed by atoms with E-state index in [-0.39, 0.29) is 88.4 Å². The number of ketones is 2. The van der Waals surface area contributed by atoms with Crippen LogP contribution in [0.2, 0.25) is 0 Å². The van der Waals surface area contributed by atoms with Crippen LogP contribution < -0.4 is 21.7 Å². The van der Waals surface area contributed by atoms with Crippen molar-refractivity contribution in [2.45, 2.75) is 157 Å². The van der Waals surface area contributed by atoms with Crippen molar-refractivity contribution in [1.29, 1.82) is 0 Å². The normalized spacial score (nSPS) is 12.3. The number of carbonyl (C=O) groups excluding carboxylic acids is 5. The number of thiazole rings is 4. The number of nitro groups is 4. The van der Waals surface area contributed by atoms with Crippen molar-refractivity contribution in [3.05, 3.63) is 357 Å². The van der Waals surface area contributed by atoms with Crippen LogP contribution in [0.5, 0.6) is 0 Å². The average Bonchev–Trinajstić information content (AvgIpc) is 1.77. The lowest BCUT2D eigenvalue weighted by Crippen LogP contribution is -2.38. The number of nitrogens with one attached hydrogen (secondary N) is 3. The van der Waals surface area contributed by atoms with Crippen LogP contribution in [-0.4, -0.2) is 79.1 Å². The summed E-state index contributed by atoms with van der Waals surface area (Å²) in [5.41, 5.74) is 16.4. The van der Waals surface area contributed by atoms with Gasteiger partial charge in [-0.2, -0.15) is 4.98 Å². The highest BCUT2D eigenvalue weighted by molar-refractivity contribution is 8.93. The van der Waals surface area contributed by atoms with Crippen LogP contribution in [0, 0.1) is 59.2 Å². The maximum atomic E-state index is 13.6. The average molecular weight is 1800 g/mol. The Morgan fingerprint density at radius 1 is 0.393 bits per heavy atom. The second-order valence-corrected chi connectivity index (χ2v) is 31.1. The van der Waals surface area contributed by atoms with Crippen LogP contribution in [0.4, 0.5) is 22.7 Å². The number of carbonyl (C=O) groups is 5. The topological polar surface area (TPSA) is 410 Å². The number of halogens is 1. The molecule has 0 aliphatic rings. The number of aromatic nitrogens is 6. The second-order valence-electron chi connectivity index (χ2n) is 27.6. The third-order valence-corrected chi connectivity index (χ3v) is 22.9. The molecule has 122 heavy (non-hydrogen) atoms. The molecule has 640 valence electrons. The van der Waals surface area contributed by atoms with Crippen molar-refractivity contribution >= 4 is 114 Å². The van der Waals surface area contributed by atoms with E-state index in [9.17, 15) is 64.4 Å². The fraction of sp³-hybridized carbons (Fsp3) is 0.292. The molecule has 5 N–H and O–H groups in total. The van der Waals surface area contributed by atoms with Gasteiger partial charge in [0.1, 0.15) is 49.4 Å². The van der Waals surface area contributed by atoms with Gasteiger partial charge in [0.15, 0.2) is 5.82 Å². The third-order valence-electron chi connectivity index (χ3n) is 18.9. The summed E-state index contributed by atoms with van der Waals surface area (Å²) in [4.78, 5) is 129. The van der Waals surface area contributed by atoms with Crippen molar-refractivity contribution in [2.75, 3.05) is 0 Å². The smallest absolute Gasteiger partial charge is 0.269 e. The summed E-state index contributed by atoms with van der Waals surface area (Å²) in [6.07, 6.45) is 6.18. The first-order valence-electron chi connectivity index (χ1n) is 38.6. The Kier molecular flexibility index (Phi) is 40.5. The number of rotatable bonds is 35. The van der Waals surface area contributed by atoms with Crippen LogP contribution >= 0.6 is 62.3 Å². The first-order chi connectivity index (χ1) is 57.8. The highest BCUT2D eigenvalue weighted by atomic mass is 79.9. The molecule has 0 saturated carbocycles. The SMILES string of the molecule is Br.C.C=C.CCc1csc([C@@H](N)Cc2ccc([N+](=O)[O-])cc2)n1.CCc1csc([C@H](Cc2ccc([N+](=O)[O-])cc2)NC(=O)C(Cc2ccccc2)C(C)=O)n1.CCc1csc([C@H](Cc2ccc([N+](=O)[O-])cc2)NC(=O)C(Cc2ccccc2)C(C)=O)n1.CCc1csc([C@H](Cc2ccc([N+](=O)[O-])cc2)NC(=O)C(Cc2ccccc2)c2nc(C)no2)n1. The van der Waals surface area contributed by atoms with Crippen molar-refractivity contribution < 1.29 is 48.2 Å². The predicted octanol–water partition coefficient (Wildman–Crippen LogP) is 18.5. The van der Waals surface area contributed by atoms with E-state index in [4.69, 9.17) is 10.3 Å². The molecule has 28 nitrogen and oxygen atoms in total. The molecule has 0 radical (unpaired) electrons. The number of hydrogen-bond donors (Lipinski definition) is 4. The number of benzene rings is 7. The molecule has 33 heteroatoms. The van der Waals surface area contributed by atoms with Crippen LogP contribution in [0.3, 0.4) is 0 Å². The van der Waals surface area contributed by atoms with E-state index in [0.29, 0.717) is 50.8 Å². The Morgan fingerprint density at radius 2 is 0.656 bits per heavy atom. The van der Waals surface area contributed by atoms with E-state index in [1.54, 1.807) is 66.8 Å². The minimum Gasteiger partial charge on any atom is -0.346 e. The maximum Gasteiger partial charge on any atom is 0.269 e. The molecule has 0 spiro atoms. The monoisotopic (exact) mass is 1790 g/mol. The van der Waals surface area contributed by atoms with E-state index in [0.717, 1.165) is 107 Å². The number of aryl methyl sites for hydroxylation is 5. The lowest BCUT2D eigenvalue weighted by atomic mass is 9.94.